The molecule has 3 rings (SSSR count). The van der Waals surface area contributed by atoms with Gasteiger partial charge in [0.2, 0.25) is 0 Å². The first-order valence-corrected chi connectivity index (χ1v) is 7.99. The number of aromatic nitrogens is 4. The number of aryl methyl sites for hydroxylation is 1. The molecule has 1 aliphatic rings. The standard InChI is InChI=1S/C16H25N5/c1-4-17-15-7-5-6-13-8-20(9-14(13)15)10-16-18-11-19-21(16)12(2)3/h8-9,11-12,15,17H,4-7,10H2,1-3H3. The molecule has 21 heavy (non-hydrogen) atoms. The van der Waals surface area contributed by atoms with E-state index in [0.717, 1.165) is 18.9 Å². The Hall–Kier alpha value is -1.62. The lowest BCUT2D eigenvalue weighted by atomic mass is 9.91. The Labute approximate surface area is 126 Å². The second kappa shape index (κ2) is 6.02. The van der Waals surface area contributed by atoms with Crippen LogP contribution in [-0.4, -0.2) is 25.9 Å². The zero-order valence-electron chi connectivity index (χ0n) is 13.2. The summed E-state index contributed by atoms with van der Waals surface area (Å²) >= 11 is 0. The highest BCUT2D eigenvalue weighted by atomic mass is 15.4. The molecule has 0 spiro atoms. The average Bonchev–Trinajstić information content (AvgIpc) is 3.06. The summed E-state index contributed by atoms with van der Waals surface area (Å²) in [7, 11) is 0. The average molecular weight is 287 g/mol. The number of hydrogen-bond acceptors (Lipinski definition) is 3. The predicted octanol–water partition coefficient (Wildman–Crippen LogP) is 2.70. The van der Waals surface area contributed by atoms with E-state index in [1.54, 1.807) is 6.33 Å². The predicted molar refractivity (Wildman–Crippen MR) is 83.3 cm³/mol. The van der Waals surface area contributed by atoms with Gasteiger partial charge in [-0.1, -0.05) is 6.92 Å². The summed E-state index contributed by atoms with van der Waals surface area (Å²) in [6.07, 6.45) is 9.95. The van der Waals surface area contributed by atoms with Crippen LogP contribution in [0.1, 0.15) is 62.6 Å². The largest absolute Gasteiger partial charge is 0.346 e. The van der Waals surface area contributed by atoms with Crippen molar-refractivity contribution < 1.29 is 0 Å². The molecule has 0 aliphatic heterocycles. The molecule has 1 aliphatic carbocycles. The molecule has 5 nitrogen and oxygen atoms in total. The third-order valence-electron chi connectivity index (χ3n) is 4.22. The van der Waals surface area contributed by atoms with Gasteiger partial charge in [0.15, 0.2) is 0 Å². The first-order valence-electron chi connectivity index (χ1n) is 7.99. The first kappa shape index (κ1) is 14.3. The normalized spacial score (nSPS) is 18.2. The highest BCUT2D eigenvalue weighted by Gasteiger charge is 2.21. The molecule has 0 aromatic carbocycles. The molecule has 0 saturated carbocycles. The maximum Gasteiger partial charge on any atom is 0.147 e. The lowest BCUT2D eigenvalue weighted by Gasteiger charge is -2.22. The van der Waals surface area contributed by atoms with E-state index in [9.17, 15) is 0 Å². The quantitative estimate of drug-likeness (QED) is 0.920. The smallest absolute Gasteiger partial charge is 0.147 e. The number of nitrogens with zero attached hydrogens (tertiary/aromatic N) is 4. The third-order valence-corrected chi connectivity index (χ3v) is 4.22. The Morgan fingerprint density at radius 2 is 2.24 bits per heavy atom. The molecule has 0 saturated heterocycles. The van der Waals surface area contributed by atoms with Crippen molar-refractivity contribution >= 4 is 0 Å². The molecule has 5 heteroatoms. The third kappa shape index (κ3) is 2.88. The molecule has 1 unspecified atom stereocenters. The Morgan fingerprint density at radius 3 is 3.00 bits per heavy atom. The van der Waals surface area contributed by atoms with E-state index >= 15 is 0 Å². The van der Waals surface area contributed by atoms with Crippen LogP contribution in [0.3, 0.4) is 0 Å². The molecule has 0 radical (unpaired) electrons. The maximum absolute atomic E-state index is 4.41. The zero-order chi connectivity index (χ0) is 14.8. The van der Waals surface area contributed by atoms with Crippen LogP contribution < -0.4 is 5.32 Å². The SMILES string of the molecule is CCNC1CCCc2cn(Cc3ncnn3C(C)C)cc21. The van der Waals surface area contributed by atoms with E-state index in [1.807, 2.05) is 4.68 Å². The molecular formula is C16H25N5. The maximum atomic E-state index is 4.41. The van der Waals surface area contributed by atoms with Crippen LogP contribution in [0.15, 0.2) is 18.7 Å². The van der Waals surface area contributed by atoms with Crippen molar-refractivity contribution in [3.63, 3.8) is 0 Å². The fraction of sp³-hybridized carbons (Fsp3) is 0.625. The van der Waals surface area contributed by atoms with Crippen molar-refractivity contribution in [3.05, 3.63) is 35.7 Å². The van der Waals surface area contributed by atoms with Gasteiger partial charge >= 0.3 is 0 Å². The van der Waals surface area contributed by atoms with Gasteiger partial charge in [0.05, 0.1) is 6.54 Å². The molecule has 0 bridgehead atoms. The Bertz CT molecular complexity index is 596. The van der Waals surface area contributed by atoms with Gasteiger partial charge < -0.3 is 9.88 Å². The highest BCUT2D eigenvalue weighted by molar-refractivity contribution is 5.30. The van der Waals surface area contributed by atoms with Crippen LogP contribution in [0.25, 0.3) is 0 Å². The minimum absolute atomic E-state index is 0.349. The highest BCUT2D eigenvalue weighted by Crippen LogP contribution is 2.30. The van der Waals surface area contributed by atoms with Gasteiger partial charge in [-0.2, -0.15) is 5.10 Å². The number of nitrogens with one attached hydrogen (secondary N) is 1. The molecule has 0 amide bonds. The van der Waals surface area contributed by atoms with Gasteiger partial charge in [-0.3, -0.25) is 0 Å². The summed E-state index contributed by atoms with van der Waals surface area (Å²) in [4.78, 5) is 4.41. The van der Waals surface area contributed by atoms with Crippen molar-refractivity contribution in [1.82, 2.24) is 24.6 Å². The summed E-state index contributed by atoms with van der Waals surface area (Å²) in [6.45, 7) is 8.28. The Balaban J connectivity index is 1.82. The van der Waals surface area contributed by atoms with Crippen LogP contribution in [0, 0.1) is 0 Å². The summed E-state index contributed by atoms with van der Waals surface area (Å²) in [6, 6.07) is 0.866. The molecule has 1 N–H and O–H groups in total. The fourth-order valence-electron chi connectivity index (χ4n) is 3.28. The van der Waals surface area contributed by atoms with Crippen LogP contribution in [0.2, 0.25) is 0 Å². The van der Waals surface area contributed by atoms with Crippen molar-refractivity contribution in [2.75, 3.05) is 6.54 Å². The van der Waals surface area contributed by atoms with E-state index in [4.69, 9.17) is 0 Å². The lowest BCUT2D eigenvalue weighted by molar-refractivity contribution is 0.473. The van der Waals surface area contributed by atoms with Gasteiger partial charge in [0.25, 0.3) is 0 Å². The summed E-state index contributed by atoms with van der Waals surface area (Å²) in [5.74, 6) is 1.03. The minimum atomic E-state index is 0.349. The lowest BCUT2D eigenvalue weighted by Crippen LogP contribution is -2.23. The topological polar surface area (TPSA) is 47.7 Å². The number of rotatable bonds is 5. The zero-order valence-corrected chi connectivity index (χ0v) is 13.2. The van der Waals surface area contributed by atoms with E-state index in [-0.39, 0.29) is 0 Å². The van der Waals surface area contributed by atoms with Crippen LogP contribution in [-0.2, 0) is 13.0 Å². The van der Waals surface area contributed by atoms with E-state index in [0.29, 0.717) is 12.1 Å². The number of hydrogen-bond donors (Lipinski definition) is 1. The van der Waals surface area contributed by atoms with Gasteiger partial charge in [-0.25, -0.2) is 9.67 Å². The summed E-state index contributed by atoms with van der Waals surface area (Å²) in [5, 5.41) is 7.91. The molecular weight excluding hydrogens is 262 g/mol. The Morgan fingerprint density at radius 1 is 1.38 bits per heavy atom. The van der Waals surface area contributed by atoms with Gasteiger partial charge in [0, 0.05) is 24.5 Å². The second-order valence-electron chi connectivity index (χ2n) is 6.13. The van der Waals surface area contributed by atoms with Crippen molar-refractivity contribution in [2.45, 2.75) is 58.7 Å². The molecule has 2 aromatic rings. The monoisotopic (exact) mass is 287 g/mol. The van der Waals surface area contributed by atoms with Crippen molar-refractivity contribution in [2.24, 2.45) is 0 Å². The molecule has 114 valence electrons. The molecule has 2 aromatic heterocycles. The van der Waals surface area contributed by atoms with Crippen LogP contribution in [0.4, 0.5) is 0 Å². The fourth-order valence-corrected chi connectivity index (χ4v) is 3.28. The van der Waals surface area contributed by atoms with E-state index in [1.165, 1.54) is 30.4 Å². The molecule has 2 heterocycles. The minimum Gasteiger partial charge on any atom is -0.346 e. The summed E-state index contributed by atoms with van der Waals surface area (Å²) in [5.41, 5.74) is 2.96. The first-order chi connectivity index (χ1) is 10.2. The summed E-state index contributed by atoms with van der Waals surface area (Å²) < 4.78 is 4.27. The van der Waals surface area contributed by atoms with Crippen molar-refractivity contribution in [3.8, 4) is 0 Å². The van der Waals surface area contributed by atoms with Crippen LogP contribution >= 0.6 is 0 Å². The van der Waals surface area contributed by atoms with Crippen molar-refractivity contribution in [1.29, 1.82) is 0 Å². The van der Waals surface area contributed by atoms with Gasteiger partial charge in [0.1, 0.15) is 12.2 Å². The van der Waals surface area contributed by atoms with Gasteiger partial charge in [-0.15, -0.1) is 0 Å². The molecule has 1 atom stereocenters. The van der Waals surface area contributed by atoms with E-state index in [2.05, 4.69) is 53.1 Å². The second-order valence-corrected chi connectivity index (χ2v) is 6.13. The van der Waals surface area contributed by atoms with Crippen LogP contribution in [0.5, 0.6) is 0 Å². The molecule has 0 fully saturated rings. The van der Waals surface area contributed by atoms with Gasteiger partial charge in [-0.05, 0) is 50.8 Å². The Kier molecular flexibility index (Phi) is 4.10. The van der Waals surface area contributed by atoms with E-state index < -0.39 is 0 Å². The number of fused-ring (bicyclic) bond motifs is 1.